The van der Waals surface area contributed by atoms with Crippen molar-refractivity contribution in [3.8, 4) is 5.75 Å². The van der Waals surface area contributed by atoms with Crippen molar-refractivity contribution >= 4 is 27.8 Å². The number of benzene rings is 2. The maximum absolute atomic E-state index is 11.9. The number of carbonyl (C=O) groups is 1. The highest BCUT2D eigenvalue weighted by Crippen LogP contribution is 2.40. The molecule has 31 heavy (non-hydrogen) atoms. The lowest BCUT2D eigenvalue weighted by molar-refractivity contribution is -0.139. The van der Waals surface area contributed by atoms with Gasteiger partial charge < -0.3 is 14.4 Å². The summed E-state index contributed by atoms with van der Waals surface area (Å²) in [4.78, 5) is 16.6. The summed E-state index contributed by atoms with van der Waals surface area (Å²) in [7, 11) is 0. The van der Waals surface area contributed by atoms with Crippen molar-refractivity contribution in [2.24, 2.45) is 0 Å². The minimum absolute atomic E-state index is 0.379. The van der Waals surface area contributed by atoms with Crippen molar-refractivity contribution < 1.29 is 14.6 Å². The number of allylic oxidation sites excluding steroid dienone is 1. The van der Waals surface area contributed by atoms with Gasteiger partial charge in [0.25, 0.3) is 0 Å². The third-order valence-corrected chi connectivity index (χ3v) is 6.09. The minimum atomic E-state index is -0.757. The summed E-state index contributed by atoms with van der Waals surface area (Å²) < 4.78 is 8.18. The number of aromatic nitrogens is 2. The lowest BCUT2D eigenvalue weighted by Crippen LogP contribution is -2.20. The van der Waals surface area contributed by atoms with Crippen LogP contribution in [0, 0.1) is 0 Å². The monoisotopic (exact) mass is 412 g/mol. The molecule has 2 aromatic heterocycles. The first-order valence-corrected chi connectivity index (χ1v) is 10.6. The largest absolute Gasteiger partial charge is 0.487 e. The van der Waals surface area contributed by atoms with Crippen LogP contribution in [0.15, 0.2) is 67.3 Å². The smallest absolute Gasteiger partial charge is 0.312 e. The Hall–Kier alpha value is -3.60. The molecule has 1 atom stereocenters. The minimum Gasteiger partial charge on any atom is -0.487 e. The molecule has 5 nitrogen and oxygen atoms in total. The first-order chi connectivity index (χ1) is 15.2. The van der Waals surface area contributed by atoms with Crippen molar-refractivity contribution in [3.05, 3.63) is 84.2 Å². The van der Waals surface area contributed by atoms with Crippen LogP contribution < -0.4 is 4.74 Å². The molecule has 0 bridgehead atoms. The molecule has 1 aliphatic rings. The Kier molecular flexibility index (Phi) is 4.94. The van der Waals surface area contributed by atoms with Crippen LogP contribution in [-0.4, -0.2) is 20.6 Å². The Balaban J connectivity index is 1.49. The fraction of sp³-hybridized carbons (Fsp3) is 0.231. The Morgan fingerprint density at radius 2 is 2.10 bits per heavy atom. The lowest BCUT2D eigenvalue weighted by Gasteiger charge is -2.22. The highest BCUT2D eigenvalue weighted by molar-refractivity contribution is 5.90. The molecule has 4 aromatic rings. The van der Waals surface area contributed by atoms with Crippen LogP contribution in [0.5, 0.6) is 5.75 Å². The number of nitrogens with zero attached hydrogens (tertiary/aromatic N) is 2. The van der Waals surface area contributed by atoms with Gasteiger partial charge in [0.05, 0.1) is 17.1 Å². The fourth-order valence-corrected chi connectivity index (χ4v) is 4.71. The van der Waals surface area contributed by atoms with Crippen molar-refractivity contribution in [1.82, 2.24) is 9.55 Å². The van der Waals surface area contributed by atoms with Crippen molar-refractivity contribution in [2.75, 3.05) is 0 Å². The Morgan fingerprint density at radius 3 is 2.94 bits per heavy atom. The Labute approximate surface area is 180 Å². The first kappa shape index (κ1) is 19.4. The second kappa shape index (κ2) is 7.91. The van der Waals surface area contributed by atoms with Gasteiger partial charge in [-0.15, -0.1) is 6.58 Å². The van der Waals surface area contributed by atoms with Gasteiger partial charge in [-0.3, -0.25) is 4.79 Å². The van der Waals surface area contributed by atoms with E-state index in [0.717, 1.165) is 57.3 Å². The highest BCUT2D eigenvalue weighted by Gasteiger charge is 2.32. The van der Waals surface area contributed by atoms with Crippen LogP contribution in [0.25, 0.3) is 21.8 Å². The van der Waals surface area contributed by atoms with E-state index >= 15 is 0 Å². The number of pyridine rings is 1. The number of carboxylic acid groups (broad SMARTS) is 1. The normalized spacial score (nSPS) is 15.7. The molecule has 156 valence electrons. The van der Waals surface area contributed by atoms with Crippen LogP contribution in [0.2, 0.25) is 0 Å². The van der Waals surface area contributed by atoms with Crippen molar-refractivity contribution in [3.63, 3.8) is 0 Å². The third-order valence-electron chi connectivity index (χ3n) is 6.09. The van der Waals surface area contributed by atoms with Gasteiger partial charge in [0.15, 0.2) is 0 Å². The molecule has 0 fully saturated rings. The molecule has 1 aliphatic carbocycles. The maximum Gasteiger partial charge on any atom is 0.312 e. The van der Waals surface area contributed by atoms with E-state index in [4.69, 9.17) is 4.74 Å². The summed E-state index contributed by atoms with van der Waals surface area (Å²) in [6.45, 7) is 4.84. The quantitative estimate of drug-likeness (QED) is 0.427. The van der Waals surface area contributed by atoms with E-state index in [1.54, 1.807) is 0 Å². The number of rotatable bonds is 6. The second-order valence-electron chi connectivity index (χ2n) is 8.01. The number of aliphatic carboxylic acids is 1. The molecule has 0 spiro atoms. The third kappa shape index (κ3) is 3.46. The summed E-state index contributed by atoms with van der Waals surface area (Å²) in [6.07, 6.45) is 4.26. The van der Waals surface area contributed by atoms with Crippen LogP contribution in [-0.2, 0) is 24.4 Å². The number of hydrogen-bond acceptors (Lipinski definition) is 3. The van der Waals surface area contributed by atoms with Gasteiger partial charge >= 0.3 is 5.97 Å². The second-order valence-corrected chi connectivity index (χ2v) is 8.01. The lowest BCUT2D eigenvalue weighted by atomic mass is 9.86. The SMILES string of the molecule is C=CCn1c2c(c3cc(OCc4ccc5ccccc5n4)ccc31)CCCC2C(=O)O. The van der Waals surface area contributed by atoms with Gasteiger partial charge in [-0.1, -0.05) is 30.3 Å². The first-order valence-electron chi connectivity index (χ1n) is 10.6. The van der Waals surface area contributed by atoms with Crippen molar-refractivity contribution in [2.45, 2.75) is 38.3 Å². The molecule has 5 heteroatoms. The number of ether oxygens (including phenoxy) is 1. The average Bonchev–Trinajstić information content (AvgIpc) is 3.11. The predicted octanol–water partition coefficient (Wildman–Crippen LogP) is 5.46. The van der Waals surface area contributed by atoms with E-state index < -0.39 is 11.9 Å². The number of para-hydroxylation sites is 1. The van der Waals surface area contributed by atoms with E-state index in [-0.39, 0.29) is 0 Å². The van der Waals surface area contributed by atoms with E-state index in [9.17, 15) is 9.90 Å². The Bertz CT molecular complexity index is 1310. The summed E-state index contributed by atoms with van der Waals surface area (Å²) >= 11 is 0. The van der Waals surface area contributed by atoms with Gasteiger partial charge in [0, 0.05) is 28.5 Å². The molecule has 0 saturated carbocycles. The highest BCUT2D eigenvalue weighted by atomic mass is 16.5. The van der Waals surface area contributed by atoms with Gasteiger partial charge in [-0.05, 0) is 55.2 Å². The average molecular weight is 412 g/mol. The number of carboxylic acids is 1. The number of fused-ring (bicyclic) bond motifs is 4. The summed E-state index contributed by atoms with van der Waals surface area (Å²) in [5, 5.41) is 12.0. The van der Waals surface area contributed by atoms with Crippen LogP contribution >= 0.6 is 0 Å². The number of hydrogen-bond donors (Lipinski definition) is 1. The van der Waals surface area contributed by atoms with Crippen LogP contribution in [0.4, 0.5) is 0 Å². The topological polar surface area (TPSA) is 64.4 Å². The predicted molar refractivity (Wildman–Crippen MR) is 122 cm³/mol. The van der Waals surface area contributed by atoms with E-state index in [2.05, 4.69) is 22.2 Å². The molecule has 0 saturated heterocycles. The molecule has 1 unspecified atom stereocenters. The maximum atomic E-state index is 11.9. The summed E-state index contributed by atoms with van der Waals surface area (Å²) in [5.41, 5.74) is 4.91. The number of aryl methyl sites for hydroxylation is 1. The zero-order valence-corrected chi connectivity index (χ0v) is 17.3. The zero-order chi connectivity index (χ0) is 21.4. The van der Waals surface area contributed by atoms with Gasteiger partial charge in [0.2, 0.25) is 0 Å². The van der Waals surface area contributed by atoms with Gasteiger partial charge in [-0.2, -0.15) is 0 Å². The van der Waals surface area contributed by atoms with Crippen molar-refractivity contribution in [1.29, 1.82) is 0 Å². The fourth-order valence-electron chi connectivity index (χ4n) is 4.71. The van der Waals surface area contributed by atoms with Crippen LogP contribution in [0.3, 0.4) is 0 Å². The van der Waals surface area contributed by atoms with Gasteiger partial charge in [-0.25, -0.2) is 4.98 Å². The van der Waals surface area contributed by atoms with E-state index in [0.29, 0.717) is 19.6 Å². The summed E-state index contributed by atoms with van der Waals surface area (Å²) in [5.74, 6) is -0.464. The molecule has 2 heterocycles. The van der Waals surface area contributed by atoms with E-state index in [1.807, 2.05) is 54.6 Å². The molecule has 2 aromatic carbocycles. The van der Waals surface area contributed by atoms with Crippen LogP contribution in [0.1, 0.15) is 35.7 Å². The zero-order valence-electron chi connectivity index (χ0n) is 17.3. The standard InChI is InChI=1S/C26H24N2O3/c1-2-14-28-24-13-12-19(15-22(24)20-7-5-8-21(25(20)28)26(29)30)31-16-18-11-10-17-6-3-4-9-23(17)27-18/h2-4,6,9-13,15,21H,1,5,7-8,14,16H2,(H,29,30). The molecule has 1 N–H and O–H groups in total. The molecular weight excluding hydrogens is 388 g/mol. The molecule has 0 radical (unpaired) electrons. The Morgan fingerprint density at radius 1 is 1.23 bits per heavy atom. The molecule has 5 rings (SSSR count). The van der Waals surface area contributed by atoms with Gasteiger partial charge in [0.1, 0.15) is 12.4 Å². The molecular formula is C26H24N2O3. The summed E-state index contributed by atoms with van der Waals surface area (Å²) in [6, 6.07) is 18.1. The molecule has 0 amide bonds. The van der Waals surface area contributed by atoms with E-state index in [1.165, 1.54) is 0 Å². The molecule has 0 aliphatic heterocycles.